The molecule has 2 aromatic rings. The zero-order valence-electron chi connectivity index (χ0n) is 8.60. The van der Waals surface area contributed by atoms with Gasteiger partial charge in [0.05, 0.1) is 4.88 Å². The lowest BCUT2D eigenvalue weighted by Gasteiger charge is -2.02. The number of hydrogen-bond acceptors (Lipinski definition) is 4. The summed E-state index contributed by atoms with van der Waals surface area (Å²) in [6.45, 7) is 2.13. The molecule has 0 fully saturated rings. The van der Waals surface area contributed by atoms with E-state index in [-0.39, 0.29) is 0 Å². The van der Waals surface area contributed by atoms with Gasteiger partial charge in [0.2, 0.25) is 0 Å². The summed E-state index contributed by atoms with van der Waals surface area (Å²) in [5.74, 6) is 1.30. The minimum atomic E-state index is 0.553. The normalized spacial score (nSPS) is 10.5. The molecule has 0 amide bonds. The number of anilines is 1. The van der Waals surface area contributed by atoms with E-state index in [4.69, 9.17) is 5.73 Å². The largest absolute Gasteiger partial charge is 0.384 e. The van der Waals surface area contributed by atoms with Crippen molar-refractivity contribution in [2.24, 2.45) is 0 Å². The maximum Gasteiger partial charge on any atom is 0.171 e. The van der Waals surface area contributed by atoms with Gasteiger partial charge in [0, 0.05) is 11.8 Å². The van der Waals surface area contributed by atoms with Crippen molar-refractivity contribution in [1.29, 1.82) is 0 Å². The Labute approximate surface area is 93.0 Å². The van der Waals surface area contributed by atoms with Crippen LogP contribution in [0.2, 0.25) is 0 Å². The van der Waals surface area contributed by atoms with Crippen molar-refractivity contribution < 1.29 is 0 Å². The molecule has 2 N–H and O–H groups in total. The Morgan fingerprint density at radius 3 is 2.93 bits per heavy atom. The lowest BCUT2D eigenvalue weighted by atomic mass is 10.2. The van der Waals surface area contributed by atoms with Crippen LogP contribution in [-0.2, 0) is 6.42 Å². The zero-order chi connectivity index (χ0) is 10.7. The van der Waals surface area contributed by atoms with E-state index in [1.54, 1.807) is 11.3 Å². The Bertz CT molecular complexity index is 437. The van der Waals surface area contributed by atoms with Crippen LogP contribution in [0, 0.1) is 0 Å². The highest BCUT2D eigenvalue weighted by Gasteiger charge is 2.05. The Balaban J connectivity index is 2.40. The number of nitrogen functional groups attached to an aromatic ring is 1. The molecular weight excluding hydrogens is 206 g/mol. The van der Waals surface area contributed by atoms with Crippen LogP contribution in [0.25, 0.3) is 10.7 Å². The van der Waals surface area contributed by atoms with E-state index in [1.165, 1.54) is 0 Å². The van der Waals surface area contributed by atoms with Gasteiger partial charge in [-0.3, -0.25) is 0 Å². The second-order valence-electron chi connectivity index (χ2n) is 3.34. The summed E-state index contributed by atoms with van der Waals surface area (Å²) in [6.07, 6.45) is 2.02. The van der Waals surface area contributed by atoms with Crippen molar-refractivity contribution >= 4 is 17.2 Å². The molecule has 2 heterocycles. The number of thiophene rings is 1. The van der Waals surface area contributed by atoms with Crippen LogP contribution in [0.3, 0.4) is 0 Å². The summed E-state index contributed by atoms with van der Waals surface area (Å²) in [7, 11) is 0. The van der Waals surface area contributed by atoms with Gasteiger partial charge in [0.15, 0.2) is 5.82 Å². The quantitative estimate of drug-likeness (QED) is 0.863. The molecule has 2 rings (SSSR count). The lowest BCUT2D eigenvalue weighted by molar-refractivity contribution is 0.877. The van der Waals surface area contributed by atoms with Gasteiger partial charge in [0.1, 0.15) is 5.82 Å². The molecule has 0 aliphatic heterocycles. The Hall–Kier alpha value is -1.42. The van der Waals surface area contributed by atoms with Gasteiger partial charge < -0.3 is 5.73 Å². The van der Waals surface area contributed by atoms with Gasteiger partial charge in [-0.05, 0) is 17.9 Å². The molecular formula is C11H13N3S. The van der Waals surface area contributed by atoms with E-state index in [0.29, 0.717) is 5.82 Å². The van der Waals surface area contributed by atoms with E-state index in [2.05, 4.69) is 16.9 Å². The van der Waals surface area contributed by atoms with Gasteiger partial charge >= 0.3 is 0 Å². The van der Waals surface area contributed by atoms with Crippen molar-refractivity contribution in [3.63, 3.8) is 0 Å². The van der Waals surface area contributed by atoms with Crippen LogP contribution in [0.15, 0.2) is 23.6 Å². The molecule has 0 aromatic carbocycles. The maximum atomic E-state index is 5.75. The lowest BCUT2D eigenvalue weighted by Crippen LogP contribution is -1.99. The summed E-state index contributed by atoms with van der Waals surface area (Å²) >= 11 is 1.63. The minimum absolute atomic E-state index is 0.553. The molecule has 0 saturated heterocycles. The van der Waals surface area contributed by atoms with Gasteiger partial charge in [0.25, 0.3) is 0 Å². The second kappa shape index (κ2) is 4.40. The van der Waals surface area contributed by atoms with Crippen molar-refractivity contribution in [3.8, 4) is 10.7 Å². The highest BCUT2D eigenvalue weighted by molar-refractivity contribution is 7.13. The van der Waals surface area contributed by atoms with Crippen molar-refractivity contribution in [3.05, 3.63) is 29.3 Å². The number of aromatic nitrogens is 2. The SMILES string of the molecule is CCCc1cc(N)nc(-c2cccs2)n1. The monoisotopic (exact) mass is 219 g/mol. The van der Waals surface area contributed by atoms with E-state index in [9.17, 15) is 0 Å². The van der Waals surface area contributed by atoms with Crippen LogP contribution >= 0.6 is 11.3 Å². The minimum Gasteiger partial charge on any atom is -0.384 e. The molecule has 15 heavy (non-hydrogen) atoms. The number of rotatable bonds is 3. The third kappa shape index (κ3) is 2.33. The molecule has 0 atom stereocenters. The van der Waals surface area contributed by atoms with Crippen LogP contribution in [0.1, 0.15) is 19.0 Å². The molecule has 3 nitrogen and oxygen atoms in total. The average Bonchev–Trinajstić information content (AvgIpc) is 2.70. The fourth-order valence-corrected chi connectivity index (χ4v) is 2.08. The maximum absolute atomic E-state index is 5.75. The first kappa shape index (κ1) is 10.1. The second-order valence-corrected chi connectivity index (χ2v) is 4.28. The van der Waals surface area contributed by atoms with Crippen LogP contribution < -0.4 is 5.73 Å². The highest BCUT2D eigenvalue weighted by Crippen LogP contribution is 2.22. The molecule has 0 bridgehead atoms. The predicted molar refractivity (Wildman–Crippen MR) is 63.8 cm³/mol. The van der Waals surface area contributed by atoms with Crippen LogP contribution in [0.4, 0.5) is 5.82 Å². The molecule has 0 aliphatic carbocycles. The molecule has 4 heteroatoms. The van der Waals surface area contributed by atoms with Gasteiger partial charge in [-0.15, -0.1) is 11.3 Å². The molecule has 0 saturated carbocycles. The first-order valence-corrected chi connectivity index (χ1v) is 5.85. The van der Waals surface area contributed by atoms with E-state index < -0.39 is 0 Å². The molecule has 0 spiro atoms. The molecule has 78 valence electrons. The van der Waals surface area contributed by atoms with E-state index in [0.717, 1.165) is 29.2 Å². The number of hydrogen-bond donors (Lipinski definition) is 1. The fourth-order valence-electron chi connectivity index (χ4n) is 1.42. The van der Waals surface area contributed by atoms with Crippen LogP contribution in [0.5, 0.6) is 0 Å². The fraction of sp³-hybridized carbons (Fsp3) is 0.273. The van der Waals surface area contributed by atoms with Crippen molar-refractivity contribution in [2.45, 2.75) is 19.8 Å². The highest BCUT2D eigenvalue weighted by atomic mass is 32.1. The standard InChI is InChI=1S/C11H13N3S/c1-2-4-8-7-10(12)14-11(13-8)9-5-3-6-15-9/h3,5-7H,2,4H2,1H3,(H2,12,13,14). The smallest absolute Gasteiger partial charge is 0.171 e. The van der Waals surface area contributed by atoms with Crippen molar-refractivity contribution in [2.75, 3.05) is 5.73 Å². The summed E-state index contributed by atoms with van der Waals surface area (Å²) in [5.41, 5.74) is 6.77. The Morgan fingerprint density at radius 1 is 1.40 bits per heavy atom. The average molecular weight is 219 g/mol. The first-order valence-electron chi connectivity index (χ1n) is 4.97. The van der Waals surface area contributed by atoms with Crippen molar-refractivity contribution in [1.82, 2.24) is 9.97 Å². The third-order valence-corrected chi connectivity index (χ3v) is 2.91. The molecule has 0 unspecified atom stereocenters. The first-order chi connectivity index (χ1) is 7.29. The van der Waals surface area contributed by atoms with Crippen LogP contribution in [-0.4, -0.2) is 9.97 Å². The molecule has 0 radical (unpaired) electrons. The van der Waals surface area contributed by atoms with Gasteiger partial charge in [-0.25, -0.2) is 9.97 Å². The summed E-state index contributed by atoms with van der Waals surface area (Å²) in [6, 6.07) is 5.85. The number of nitrogens with two attached hydrogens (primary N) is 1. The molecule has 2 aromatic heterocycles. The van der Waals surface area contributed by atoms with E-state index in [1.807, 2.05) is 23.6 Å². The summed E-state index contributed by atoms with van der Waals surface area (Å²) in [5, 5.41) is 2.02. The van der Waals surface area contributed by atoms with E-state index >= 15 is 0 Å². The number of nitrogens with zero attached hydrogens (tertiary/aromatic N) is 2. The van der Waals surface area contributed by atoms with Gasteiger partial charge in [-0.2, -0.15) is 0 Å². The van der Waals surface area contributed by atoms with Gasteiger partial charge in [-0.1, -0.05) is 19.4 Å². The zero-order valence-corrected chi connectivity index (χ0v) is 9.42. The molecule has 0 aliphatic rings. The summed E-state index contributed by atoms with van der Waals surface area (Å²) in [4.78, 5) is 9.79. The topological polar surface area (TPSA) is 51.8 Å². The Kier molecular flexibility index (Phi) is 2.97. The summed E-state index contributed by atoms with van der Waals surface area (Å²) < 4.78 is 0. The number of aryl methyl sites for hydroxylation is 1. The third-order valence-electron chi connectivity index (χ3n) is 2.05. The Morgan fingerprint density at radius 2 is 2.27 bits per heavy atom. The predicted octanol–water partition coefficient (Wildman–Crippen LogP) is 2.74.